The van der Waals surface area contributed by atoms with Crippen molar-refractivity contribution >= 4 is 5.91 Å². The molecule has 1 aromatic rings. The molecule has 4 nitrogen and oxygen atoms in total. The number of amides is 1. The number of aromatic nitrogens is 1. The highest BCUT2D eigenvalue weighted by atomic mass is 16.2. The molecule has 0 bridgehead atoms. The van der Waals surface area contributed by atoms with Gasteiger partial charge in [0.2, 0.25) is 0 Å². The van der Waals surface area contributed by atoms with Gasteiger partial charge in [-0.05, 0) is 25.3 Å². The van der Waals surface area contributed by atoms with Crippen LogP contribution in [0, 0.1) is 11.8 Å². The standard InChI is InChI=1S/C16H22N2O2/c1-4-16(5-2,6-3)18-15(20)14-10-13(8-7-9-19)11-17-12-14/h10-12,19H,4-6,9H2,1-3H3,(H,18,20). The van der Waals surface area contributed by atoms with Crippen LogP contribution in [-0.4, -0.2) is 28.1 Å². The van der Waals surface area contributed by atoms with E-state index in [4.69, 9.17) is 5.11 Å². The van der Waals surface area contributed by atoms with E-state index in [1.54, 1.807) is 12.3 Å². The molecule has 0 fully saturated rings. The smallest absolute Gasteiger partial charge is 0.253 e. The van der Waals surface area contributed by atoms with Crippen LogP contribution in [0.2, 0.25) is 0 Å². The molecule has 2 N–H and O–H groups in total. The van der Waals surface area contributed by atoms with Gasteiger partial charge in [0.05, 0.1) is 5.56 Å². The Labute approximate surface area is 120 Å². The van der Waals surface area contributed by atoms with Crippen molar-refractivity contribution in [2.24, 2.45) is 0 Å². The first-order valence-corrected chi connectivity index (χ1v) is 6.98. The van der Waals surface area contributed by atoms with Gasteiger partial charge in [-0.3, -0.25) is 9.78 Å². The average molecular weight is 274 g/mol. The first-order valence-electron chi connectivity index (χ1n) is 6.98. The molecule has 0 spiro atoms. The lowest BCUT2D eigenvalue weighted by Gasteiger charge is -2.31. The molecular weight excluding hydrogens is 252 g/mol. The molecule has 1 rings (SSSR count). The van der Waals surface area contributed by atoms with E-state index in [0.29, 0.717) is 11.1 Å². The number of hydrogen-bond donors (Lipinski definition) is 2. The van der Waals surface area contributed by atoms with E-state index in [2.05, 4.69) is 42.9 Å². The normalized spacial score (nSPS) is 10.6. The number of aliphatic hydroxyl groups is 1. The second-order valence-electron chi connectivity index (χ2n) is 4.72. The van der Waals surface area contributed by atoms with Crippen LogP contribution in [0.3, 0.4) is 0 Å². The Morgan fingerprint density at radius 3 is 2.50 bits per heavy atom. The van der Waals surface area contributed by atoms with E-state index in [0.717, 1.165) is 19.3 Å². The molecule has 0 aromatic carbocycles. The minimum absolute atomic E-state index is 0.129. The molecule has 0 aliphatic rings. The number of pyridine rings is 1. The van der Waals surface area contributed by atoms with Crippen LogP contribution < -0.4 is 5.32 Å². The lowest BCUT2D eigenvalue weighted by atomic mass is 9.89. The molecule has 0 atom stereocenters. The van der Waals surface area contributed by atoms with E-state index in [1.165, 1.54) is 6.20 Å². The summed E-state index contributed by atoms with van der Waals surface area (Å²) in [7, 11) is 0. The Hall–Kier alpha value is -1.86. The van der Waals surface area contributed by atoms with Gasteiger partial charge >= 0.3 is 0 Å². The summed E-state index contributed by atoms with van der Waals surface area (Å²) in [5.74, 6) is 5.17. The summed E-state index contributed by atoms with van der Waals surface area (Å²) in [6, 6.07) is 1.69. The fourth-order valence-electron chi connectivity index (χ4n) is 2.10. The molecule has 4 heteroatoms. The Morgan fingerprint density at radius 2 is 1.95 bits per heavy atom. The number of nitrogens with one attached hydrogen (secondary N) is 1. The summed E-state index contributed by atoms with van der Waals surface area (Å²) >= 11 is 0. The predicted octanol–water partition coefficient (Wildman–Crippen LogP) is 2.12. The molecule has 0 saturated carbocycles. The number of hydrogen-bond acceptors (Lipinski definition) is 3. The number of carbonyl (C=O) groups is 1. The van der Waals surface area contributed by atoms with Gasteiger partial charge in [0, 0.05) is 23.5 Å². The van der Waals surface area contributed by atoms with Gasteiger partial charge in [0.25, 0.3) is 5.91 Å². The minimum atomic E-state index is -0.207. The molecule has 108 valence electrons. The van der Waals surface area contributed by atoms with Crippen LogP contribution in [0.25, 0.3) is 0 Å². The molecule has 1 heterocycles. The lowest BCUT2D eigenvalue weighted by Crippen LogP contribution is -2.47. The van der Waals surface area contributed by atoms with E-state index >= 15 is 0 Å². The first-order chi connectivity index (χ1) is 9.60. The van der Waals surface area contributed by atoms with Crippen molar-refractivity contribution in [2.75, 3.05) is 6.61 Å². The van der Waals surface area contributed by atoms with Gasteiger partial charge in [-0.25, -0.2) is 0 Å². The zero-order valence-corrected chi connectivity index (χ0v) is 12.4. The van der Waals surface area contributed by atoms with Gasteiger partial charge < -0.3 is 10.4 Å². The summed E-state index contributed by atoms with van der Waals surface area (Å²) < 4.78 is 0. The zero-order chi connectivity index (χ0) is 15.0. The number of carbonyl (C=O) groups excluding carboxylic acids is 1. The van der Waals surface area contributed by atoms with Crippen LogP contribution in [-0.2, 0) is 0 Å². The third kappa shape index (κ3) is 4.07. The van der Waals surface area contributed by atoms with Gasteiger partial charge in [-0.1, -0.05) is 32.6 Å². The van der Waals surface area contributed by atoms with Crippen molar-refractivity contribution in [2.45, 2.75) is 45.6 Å². The maximum absolute atomic E-state index is 12.3. The zero-order valence-electron chi connectivity index (χ0n) is 12.4. The van der Waals surface area contributed by atoms with Crippen molar-refractivity contribution in [1.82, 2.24) is 10.3 Å². The molecule has 1 aromatic heterocycles. The SMILES string of the molecule is CCC(CC)(CC)NC(=O)c1cncc(C#CCO)c1. The Balaban J connectivity index is 2.92. The van der Waals surface area contributed by atoms with Gasteiger partial charge in [0.1, 0.15) is 6.61 Å². The van der Waals surface area contributed by atoms with Crippen LogP contribution in [0.1, 0.15) is 56.0 Å². The van der Waals surface area contributed by atoms with Gasteiger partial charge in [-0.15, -0.1) is 0 Å². The maximum Gasteiger partial charge on any atom is 0.253 e. The molecular formula is C16H22N2O2. The summed E-state index contributed by atoms with van der Waals surface area (Å²) in [5, 5.41) is 11.8. The maximum atomic E-state index is 12.3. The topological polar surface area (TPSA) is 62.2 Å². The minimum Gasteiger partial charge on any atom is -0.384 e. The summed E-state index contributed by atoms with van der Waals surface area (Å²) in [6.45, 7) is 6.03. The molecule has 0 saturated heterocycles. The van der Waals surface area contributed by atoms with Crippen LogP contribution in [0.4, 0.5) is 0 Å². The monoisotopic (exact) mass is 274 g/mol. The quantitative estimate of drug-likeness (QED) is 0.808. The third-order valence-electron chi connectivity index (χ3n) is 3.72. The largest absolute Gasteiger partial charge is 0.384 e. The molecule has 0 radical (unpaired) electrons. The van der Waals surface area contributed by atoms with E-state index in [9.17, 15) is 4.79 Å². The van der Waals surface area contributed by atoms with Gasteiger partial charge in [-0.2, -0.15) is 0 Å². The Morgan fingerprint density at radius 1 is 1.30 bits per heavy atom. The fraction of sp³-hybridized carbons (Fsp3) is 0.500. The van der Waals surface area contributed by atoms with Crippen molar-refractivity contribution in [1.29, 1.82) is 0 Å². The van der Waals surface area contributed by atoms with Crippen LogP contribution in [0.5, 0.6) is 0 Å². The van der Waals surface area contributed by atoms with E-state index < -0.39 is 0 Å². The fourth-order valence-corrected chi connectivity index (χ4v) is 2.10. The Kier molecular flexibility index (Phi) is 6.20. The van der Waals surface area contributed by atoms with Crippen LogP contribution >= 0.6 is 0 Å². The molecule has 0 aliphatic heterocycles. The molecule has 20 heavy (non-hydrogen) atoms. The molecule has 1 amide bonds. The predicted molar refractivity (Wildman–Crippen MR) is 79.3 cm³/mol. The van der Waals surface area contributed by atoms with E-state index in [1.807, 2.05) is 0 Å². The second-order valence-corrected chi connectivity index (χ2v) is 4.72. The summed E-state index contributed by atoms with van der Waals surface area (Å²) in [5.41, 5.74) is 0.959. The van der Waals surface area contributed by atoms with Crippen molar-refractivity contribution in [3.05, 3.63) is 29.6 Å². The lowest BCUT2D eigenvalue weighted by molar-refractivity contribution is 0.0888. The number of rotatable bonds is 5. The second kappa shape index (κ2) is 7.66. The highest BCUT2D eigenvalue weighted by molar-refractivity contribution is 5.94. The van der Waals surface area contributed by atoms with Crippen molar-refractivity contribution in [3.63, 3.8) is 0 Å². The van der Waals surface area contributed by atoms with Crippen LogP contribution in [0.15, 0.2) is 18.5 Å². The highest BCUT2D eigenvalue weighted by Gasteiger charge is 2.26. The highest BCUT2D eigenvalue weighted by Crippen LogP contribution is 2.20. The molecule has 0 aliphatic carbocycles. The first kappa shape index (κ1) is 16.2. The average Bonchev–Trinajstić information content (AvgIpc) is 2.51. The van der Waals surface area contributed by atoms with Crippen molar-refractivity contribution < 1.29 is 9.90 Å². The van der Waals surface area contributed by atoms with E-state index in [-0.39, 0.29) is 18.1 Å². The van der Waals surface area contributed by atoms with Gasteiger partial charge in [0.15, 0.2) is 0 Å². The van der Waals surface area contributed by atoms with Crippen molar-refractivity contribution in [3.8, 4) is 11.8 Å². The number of nitrogens with zero attached hydrogens (tertiary/aromatic N) is 1. The number of aliphatic hydroxyl groups excluding tert-OH is 1. The Bertz CT molecular complexity index is 502. The third-order valence-corrected chi connectivity index (χ3v) is 3.72. The molecule has 0 unspecified atom stereocenters. The summed E-state index contributed by atoms with van der Waals surface area (Å²) in [6.07, 6.45) is 5.78. The summed E-state index contributed by atoms with van der Waals surface area (Å²) in [4.78, 5) is 16.3.